The van der Waals surface area contributed by atoms with Gasteiger partial charge in [-0.1, -0.05) is 6.92 Å². The number of carbonyl (C=O) groups excluding carboxylic acids is 2. The van der Waals surface area contributed by atoms with Crippen LogP contribution in [0.25, 0.3) is 11.0 Å². The van der Waals surface area contributed by atoms with Crippen molar-refractivity contribution < 1.29 is 9.59 Å². The zero-order valence-corrected chi connectivity index (χ0v) is 14.5. The number of nitrogens with one attached hydrogen (secondary N) is 2. The molecule has 0 radical (unpaired) electrons. The van der Waals surface area contributed by atoms with Gasteiger partial charge >= 0.3 is 0 Å². The molecule has 10 nitrogen and oxygen atoms in total. The van der Waals surface area contributed by atoms with Gasteiger partial charge in [-0.05, 0) is 24.6 Å². The van der Waals surface area contributed by atoms with Crippen molar-refractivity contribution >= 4 is 40.2 Å². The summed E-state index contributed by atoms with van der Waals surface area (Å²) in [5.74, 6) is -0.816. The fraction of sp³-hybridized carbons (Fsp3) is 0.176. The molecule has 0 aliphatic heterocycles. The van der Waals surface area contributed by atoms with E-state index in [4.69, 9.17) is 11.5 Å². The molecular formula is C17H18N8O2. The third-order valence-corrected chi connectivity index (χ3v) is 3.81. The van der Waals surface area contributed by atoms with E-state index < -0.39 is 17.9 Å². The molecule has 0 saturated heterocycles. The number of aromatic nitrogens is 4. The molecule has 138 valence electrons. The maximum Gasteiger partial charge on any atom is 0.271 e. The number of hydrogen-bond donors (Lipinski definition) is 4. The molecule has 6 N–H and O–H groups in total. The van der Waals surface area contributed by atoms with Gasteiger partial charge in [0.05, 0.1) is 17.2 Å². The van der Waals surface area contributed by atoms with E-state index >= 15 is 0 Å². The van der Waals surface area contributed by atoms with Crippen molar-refractivity contribution in [2.45, 2.75) is 19.4 Å². The zero-order chi connectivity index (χ0) is 19.4. The number of hydrogen-bond acceptors (Lipinski definition) is 8. The lowest BCUT2D eigenvalue weighted by atomic mass is 10.2. The predicted molar refractivity (Wildman–Crippen MR) is 100 cm³/mol. The van der Waals surface area contributed by atoms with Crippen LogP contribution in [0.15, 0.2) is 36.8 Å². The first-order valence-corrected chi connectivity index (χ1v) is 8.18. The number of carbonyl (C=O) groups is 2. The van der Waals surface area contributed by atoms with Crippen LogP contribution in [0.1, 0.15) is 23.8 Å². The lowest BCUT2D eigenvalue weighted by Gasteiger charge is -2.15. The lowest BCUT2D eigenvalue weighted by Crippen LogP contribution is -2.35. The summed E-state index contributed by atoms with van der Waals surface area (Å²) in [5.41, 5.74) is 12.7. The number of amides is 2. The molecule has 0 fully saturated rings. The Morgan fingerprint density at radius 1 is 1.11 bits per heavy atom. The van der Waals surface area contributed by atoms with Crippen LogP contribution in [-0.2, 0) is 4.79 Å². The number of anilines is 3. The van der Waals surface area contributed by atoms with E-state index in [-0.39, 0.29) is 17.3 Å². The lowest BCUT2D eigenvalue weighted by molar-refractivity contribution is -0.118. The first-order valence-electron chi connectivity index (χ1n) is 8.18. The minimum Gasteiger partial charge on any atom is -0.368 e. The highest BCUT2D eigenvalue weighted by Crippen LogP contribution is 2.22. The second kappa shape index (κ2) is 7.60. The van der Waals surface area contributed by atoms with E-state index in [1.807, 2.05) is 6.92 Å². The van der Waals surface area contributed by atoms with Crippen LogP contribution in [0.5, 0.6) is 0 Å². The predicted octanol–water partition coefficient (Wildman–Crippen LogP) is 0.938. The second-order valence-corrected chi connectivity index (χ2v) is 5.71. The first-order chi connectivity index (χ1) is 13.0. The van der Waals surface area contributed by atoms with E-state index in [0.717, 1.165) is 5.52 Å². The monoisotopic (exact) mass is 366 g/mol. The standard InChI is InChI=1S/C17H18N8O2/c1-2-10(15(18)26)24-13-8-22-14(16(19)27)17(25-13)23-9-3-4-11-12(7-9)21-6-5-20-11/h3-8,10H,2H2,1H3,(H2,18,26)(H2,19,27)(H2,23,24,25)/t10-/m1/s1. The number of primary amides is 2. The molecule has 3 rings (SSSR count). The highest BCUT2D eigenvalue weighted by molar-refractivity contribution is 5.96. The van der Waals surface area contributed by atoms with Gasteiger partial charge in [-0.25, -0.2) is 9.97 Å². The summed E-state index contributed by atoms with van der Waals surface area (Å²) >= 11 is 0. The molecule has 1 atom stereocenters. The average molecular weight is 366 g/mol. The highest BCUT2D eigenvalue weighted by atomic mass is 16.1. The summed E-state index contributed by atoms with van der Waals surface area (Å²) in [6, 6.07) is 4.70. The molecule has 2 aromatic heterocycles. The third-order valence-electron chi connectivity index (χ3n) is 3.81. The molecule has 0 unspecified atom stereocenters. The molecule has 0 aliphatic rings. The van der Waals surface area contributed by atoms with Crippen LogP contribution in [0.3, 0.4) is 0 Å². The third kappa shape index (κ3) is 4.06. The minimum atomic E-state index is -0.737. The van der Waals surface area contributed by atoms with Gasteiger partial charge in [-0.3, -0.25) is 19.6 Å². The Morgan fingerprint density at radius 2 is 1.85 bits per heavy atom. The Bertz CT molecular complexity index is 1010. The highest BCUT2D eigenvalue weighted by Gasteiger charge is 2.17. The molecule has 0 saturated carbocycles. The fourth-order valence-electron chi connectivity index (χ4n) is 2.46. The molecule has 0 spiro atoms. The van der Waals surface area contributed by atoms with Crippen LogP contribution < -0.4 is 22.1 Å². The van der Waals surface area contributed by atoms with Crippen molar-refractivity contribution in [1.82, 2.24) is 19.9 Å². The average Bonchev–Trinajstić information content (AvgIpc) is 2.65. The number of rotatable bonds is 7. The maximum atomic E-state index is 11.7. The minimum absolute atomic E-state index is 0.0353. The summed E-state index contributed by atoms with van der Waals surface area (Å²) in [7, 11) is 0. The Balaban J connectivity index is 1.94. The Kier molecular flexibility index (Phi) is 5.06. The Morgan fingerprint density at radius 3 is 2.52 bits per heavy atom. The maximum absolute atomic E-state index is 11.7. The van der Waals surface area contributed by atoms with E-state index in [0.29, 0.717) is 17.6 Å². The van der Waals surface area contributed by atoms with E-state index in [2.05, 4.69) is 30.6 Å². The van der Waals surface area contributed by atoms with Gasteiger partial charge in [0, 0.05) is 18.1 Å². The zero-order valence-electron chi connectivity index (χ0n) is 14.5. The van der Waals surface area contributed by atoms with Crippen molar-refractivity contribution in [3.8, 4) is 0 Å². The van der Waals surface area contributed by atoms with Crippen molar-refractivity contribution in [2.24, 2.45) is 11.5 Å². The second-order valence-electron chi connectivity index (χ2n) is 5.71. The normalized spacial score (nSPS) is 11.7. The number of nitrogens with zero attached hydrogens (tertiary/aromatic N) is 4. The molecule has 10 heteroatoms. The molecule has 0 aliphatic carbocycles. The smallest absolute Gasteiger partial charge is 0.271 e. The van der Waals surface area contributed by atoms with Crippen molar-refractivity contribution in [3.63, 3.8) is 0 Å². The first kappa shape index (κ1) is 18.0. The summed E-state index contributed by atoms with van der Waals surface area (Å²) in [5, 5.41) is 5.90. The van der Waals surface area contributed by atoms with Gasteiger partial charge in [-0.15, -0.1) is 0 Å². The molecular weight excluding hydrogens is 348 g/mol. The van der Waals surface area contributed by atoms with E-state index in [9.17, 15) is 9.59 Å². The fourth-order valence-corrected chi connectivity index (χ4v) is 2.46. The van der Waals surface area contributed by atoms with Gasteiger partial charge in [-0.2, -0.15) is 0 Å². The summed E-state index contributed by atoms with van der Waals surface area (Å²) in [6.45, 7) is 1.81. The SMILES string of the molecule is CC[C@@H](Nc1cnc(C(N)=O)c(Nc2ccc3nccnc3c2)n1)C(N)=O. The van der Waals surface area contributed by atoms with Crippen LogP contribution in [-0.4, -0.2) is 37.8 Å². The van der Waals surface area contributed by atoms with Crippen LogP contribution in [0.4, 0.5) is 17.3 Å². The largest absolute Gasteiger partial charge is 0.368 e. The van der Waals surface area contributed by atoms with Crippen LogP contribution >= 0.6 is 0 Å². The van der Waals surface area contributed by atoms with E-state index in [1.165, 1.54) is 6.20 Å². The van der Waals surface area contributed by atoms with Gasteiger partial charge in [0.25, 0.3) is 5.91 Å². The molecule has 2 amide bonds. The topological polar surface area (TPSA) is 162 Å². The summed E-state index contributed by atoms with van der Waals surface area (Å²) < 4.78 is 0. The molecule has 0 bridgehead atoms. The summed E-state index contributed by atoms with van der Waals surface area (Å²) in [6.07, 6.45) is 4.98. The Hall–Kier alpha value is -3.82. The Labute approximate surface area is 154 Å². The van der Waals surface area contributed by atoms with Crippen molar-refractivity contribution in [3.05, 3.63) is 42.5 Å². The molecule has 3 aromatic rings. The summed E-state index contributed by atoms with van der Waals surface area (Å²) in [4.78, 5) is 39.9. The van der Waals surface area contributed by atoms with Crippen molar-refractivity contribution in [2.75, 3.05) is 10.6 Å². The van der Waals surface area contributed by atoms with Crippen molar-refractivity contribution in [1.29, 1.82) is 0 Å². The van der Waals surface area contributed by atoms with Crippen LogP contribution in [0.2, 0.25) is 0 Å². The number of nitrogens with two attached hydrogens (primary N) is 2. The van der Waals surface area contributed by atoms with E-state index in [1.54, 1.807) is 30.6 Å². The number of fused-ring (bicyclic) bond motifs is 1. The van der Waals surface area contributed by atoms with Crippen LogP contribution in [0, 0.1) is 0 Å². The van der Waals surface area contributed by atoms with Gasteiger partial charge in [0.15, 0.2) is 11.5 Å². The number of benzene rings is 1. The molecule has 27 heavy (non-hydrogen) atoms. The quantitative estimate of drug-likeness (QED) is 0.480. The molecule has 2 heterocycles. The van der Waals surface area contributed by atoms with Gasteiger partial charge in [0.2, 0.25) is 5.91 Å². The van der Waals surface area contributed by atoms with Gasteiger partial charge in [0.1, 0.15) is 11.9 Å². The molecule has 1 aromatic carbocycles. The van der Waals surface area contributed by atoms with Gasteiger partial charge < -0.3 is 22.1 Å².